The highest BCUT2D eigenvalue weighted by atomic mass is 32.1. The van der Waals surface area contributed by atoms with E-state index in [4.69, 9.17) is 9.15 Å². The van der Waals surface area contributed by atoms with Gasteiger partial charge < -0.3 is 13.7 Å². The second-order valence-corrected chi connectivity index (χ2v) is 8.63. The third-order valence-electron chi connectivity index (χ3n) is 5.63. The molecule has 0 saturated carbocycles. The van der Waals surface area contributed by atoms with Gasteiger partial charge in [-0.1, -0.05) is 41.7 Å². The molecule has 6 aromatic rings. The Bertz CT molecular complexity index is 1790. The minimum Gasteiger partial charge on any atom is -0.463 e. The minimum atomic E-state index is -0.508. The summed E-state index contributed by atoms with van der Waals surface area (Å²) in [5.74, 6) is 0.292. The zero-order valence-corrected chi connectivity index (χ0v) is 18.3. The van der Waals surface area contributed by atoms with Crippen LogP contribution >= 0.6 is 11.3 Å². The first kappa shape index (κ1) is 19.5. The molecule has 162 valence electrons. The van der Waals surface area contributed by atoms with Crippen molar-refractivity contribution >= 4 is 50.3 Å². The lowest BCUT2D eigenvalue weighted by Crippen LogP contribution is -2.22. The van der Waals surface area contributed by atoms with Crippen LogP contribution in [0.1, 0.15) is 21.9 Å². The Kier molecular flexibility index (Phi) is 4.41. The molecule has 0 aliphatic rings. The van der Waals surface area contributed by atoms with Crippen LogP contribution in [0.25, 0.3) is 33.0 Å². The van der Waals surface area contributed by atoms with Gasteiger partial charge in [0.15, 0.2) is 4.96 Å². The van der Waals surface area contributed by atoms with Crippen molar-refractivity contribution in [2.75, 3.05) is 7.11 Å². The average molecular weight is 455 g/mol. The summed E-state index contributed by atoms with van der Waals surface area (Å²) in [5, 5.41) is 1.02. The van der Waals surface area contributed by atoms with Crippen molar-refractivity contribution in [1.82, 2.24) is 14.0 Å². The third kappa shape index (κ3) is 3.15. The molecule has 2 aromatic carbocycles. The number of thiazole rings is 1. The smallest absolute Gasteiger partial charge is 0.373 e. The predicted octanol–water partition coefficient (Wildman–Crippen LogP) is 3.84. The number of imidazole rings is 1. The van der Waals surface area contributed by atoms with E-state index in [1.165, 1.54) is 18.4 Å². The molecule has 6 rings (SSSR count). The molecular formula is C25H17N3O4S. The molecule has 0 radical (unpaired) electrons. The molecule has 33 heavy (non-hydrogen) atoms. The Labute approximate surface area is 190 Å². The summed E-state index contributed by atoms with van der Waals surface area (Å²) in [6.45, 7) is 0.438. The monoisotopic (exact) mass is 455 g/mol. The summed E-state index contributed by atoms with van der Waals surface area (Å²) in [6.07, 6.45) is 3.91. The molecule has 0 fully saturated rings. The van der Waals surface area contributed by atoms with Gasteiger partial charge in [0.2, 0.25) is 5.76 Å². The second-order valence-electron chi connectivity index (χ2n) is 7.62. The third-order valence-corrected chi connectivity index (χ3v) is 6.59. The van der Waals surface area contributed by atoms with E-state index in [9.17, 15) is 9.59 Å². The Balaban J connectivity index is 1.47. The maximum Gasteiger partial charge on any atom is 0.373 e. The number of aromatic nitrogens is 3. The van der Waals surface area contributed by atoms with Gasteiger partial charge in [0.05, 0.1) is 29.2 Å². The lowest BCUT2D eigenvalue weighted by atomic mass is 10.2. The van der Waals surface area contributed by atoms with Crippen LogP contribution in [-0.4, -0.2) is 27.0 Å². The van der Waals surface area contributed by atoms with Crippen molar-refractivity contribution in [3.63, 3.8) is 0 Å². The number of ether oxygens (including phenoxy) is 1. The fourth-order valence-electron chi connectivity index (χ4n) is 4.12. The highest BCUT2D eigenvalue weighted by Gasteiger charge is 2.14. The zero-order valence-electron chi connectivity index (χ0n) is 17.5. The number of rotatable bonds is 4. The average Bonchev–Trinajstić information content (AvgIpc) is 3.59. The van der Waals surface area contributed by atoms with Gasteiger partial charge in [-0.2, -0.15) is 0 Å². The molecule has 0 aliphatic heterocycles. The minimum absolute atomic E-state index is 0.0747. The Morgan fingerprint density at radius 3 is 2.73 bits per heavy atom. The number of benzene rings is 2. The SMILES string of the molecule is COC(=O)c1ccc(Cn2cc(/C=c3\sc4nc5ccccc5n4c3=O)c3ccccc32)o1. The second kappa shape index (κ2) is 7.46. The zero-order chi connectivity index (χ0) is 22.5. The van der Waals surface area contributed by atoms with Crippen molar-refractivity contribution in [2.24, 2.45) is 0 Å². The van der Waals surface area contributed by atoms with Gasteiger partial charge in [-0.05, 0) is 36.4 Å². The van der Waals surface area contributed by atoms with E-state index in [0.717, 1.165) is 27.5 Å². The van der Waals surface area contributed by atoms with Crippen LogP contribution in [-0.2, 0) is 11.3 Å². The van der Waals surface area contributed by atoms with Crippen molar-refractivity contribution in [3.8, 4) is 0 Å². The number of fused-ring (bicyclic) bond motifs is 4. The van der Waals surface area contributed by atoms with Gasteiger partial charge in [-0.25, -0.2) is 14.2 Å². The molecule has 7 nitrogen and oxygen atoms in total. The van der Waals surface area contributed by atoms with Crippen LogP contribution in [0.4, 0.5) is 0 Å². The molecule has 0 spiro atoms. The fourth-order valence-corrected chi connectivity index (χ4v) is 5.09. The van der Waals surface area contributed by atoms with Crippen LogP contribution < -0.4 is 10.1 Å². The van der Waals surface area contributed by atoms with Gasteiger partial charge in [-0.15, -0.1) is 0 Å². The van der Waals surface area contributed by atoms with Crippen LogP contribution in [0.2, 0.25) is 0 Å². The standard InChI is InChI=1S/C25H17N3O4S/c1-31-24(30)21-11-10-16(32-21)14-27-13-15(17-6-2-4-8-19(17)27)12-22-23(29)28-20-9-5-3-7-18(20)26-25(28)33-22/h2-13H,14H2,1H3/b22-12-. The summed E-state index contributed by atoms with van der Waals surface area (Å²) in [7, 11) is 1.32. The highest BCUT2D eigenvalue weighted by Crippen LogP contribution is 2.24. The quantitative estimate of drug-likeness (QED) is 0.378. The number of carbonyl (C=O) groups is 1. The van der Waals surface area contributed by atoms with E-state index in [1.807, 2.05) is 65.4 Å². The van der Waals surface area contributed by atoms with E-state index in [0.29, 0.717) is 21.8 Å². The van der Waals surface area contributed by atoms with E-state index < -0.39 is 5.97 Å². The first-order chi connectivity index (χ1) is 16.1. The predicted molar refractivity (Wildman–Crippen MR) is 127 cm³/mol. The summed E-state index contributed by atoms with van der Waals surface area (Å²) in [5.41, 5.74) is 3.48. The van der Waals surface area contributed by atoms with Crippen molar-refractivity contribution < 1.29 is 13.9 Å². The number of hydrogen-bond acceptors (Lipinski definition) is 6. The Hall–Kier alpha value is -4.17. The molecule has 0 bridgehead atoms. The maximum absolute atomic E-state index is 13.2. The molecule has 0 atom stereocenters. The van der Waals surface area contributed by atoms with Crippen LogP contribution in [0.5, 0.6) is 0 Å². The number of esters is 1. The van der Waals surface area contributed by atoms with Crippen LogP contribution in [0.3, 0.4) is 0 Å². The number of para-hydroxylation sites is 3. The maximum atomic E-state index is 13.2. The molecule has 0 N–H and O–H groups in total. The Morgan fingerprint density at radius 1 is 1.09 bits per heavy atom. The lowest BCUT2D eigenvalue weighted by molar-refractivity contribution is 0.0563. The molecule has 8 heteroatoms. The highest BCUT2D eigenvalue weighted by molar-refractivity contribution is 7.15. The fraction of sp³-hybridized carbons (Fsp3) is 0.0800. The van der Waals surface area contributed by atoms with Crippen molar-refractivity contribution in [3.05, 3.63) is 98.8 Å². The van der Waals surface area contributed by atoms with Gasteiger partial charge in [0.25, 0.3) is 5.56 Å². The molecule has 4 aromatic heterocycles. The number of furan rings is 1. The number of methoxy groups -OCH3 is 1. The first-order valence-corrected chi connectivity index (χ1v) is 11.1. The van der Waals surface area contributed by atoms with Gasteiger partial charge in [0, 0.05) is 22.7 Å². The van der Waals surface area contributed by atoms with E-state index in [1.54, 1.807) is 16.5 Å². The summed E-state index contributed by atoms with van der Waals surface area (Å²) in [4.78, 5) is 30.1. The van der Waals surface area contributed by atoms with Gasteiger partial charge in [0.1, 0.15) is 5.76 Å². The molecule has 4 heterocycles. The number of carbonyl (C=O) groups excluding carboxylic acids is 1. The Morgan fingerprint density at radius 2 is 1.88 bits per heavy atom. The summed E-state index contributed by atoms with van der Waals surface area (Å²) < 4.78 is 14.7. The normalized spacial score (nSPS) is 12.3. The van der Waals surface area contributed by atoms with Gasteiger partial charge in [-0.3, -0.25) is 4.79 Å². The number of hydrogen-bond donors (Lipinski definition) is 0. The first-order valence-electron chi connectivity index (χ1n) is 10.3. The summed E-state index contributed by atoms with van der Waals surface area (Å²) in [6, 6.07) is 19.0. The van der Waals surface area contributed by atoms with E-state index in [2.05, 4.69) is 4.98 Å². The molecule has 0 saturated heterocycles. The molecule has 0 aliphatic carbocycles. The van der Waals surface area contributed by atoms with Gasteiger partial charge >= 0.3 is 5.97 Å². The van der Waals surface area contributed by atoms with E-state index in [-0.39, 0.29) is 11.3 Å². The summed E-state index contributed by atoms with van der Waals surface area (Å²) >= 11 is 1.38. The molecular weight excluding hydrogens is 438 g/mol. The topological polar surface area (TPSA) is 78.7 Å². The van der Waals surface area contributed by atoms with Crippen LogP contribution in [0.15, 0.2) is 76.1 Å². The van der Waals surface area contributed by atoms with Crippen molar-refractivity contribution in [2.45, 2.75) is 6.54 Å². The van der Waals surface area contributed by atoms with Crippen LogP contribution in [0, 0.1) is 0 Å². The number of nitrogens with zero attached hydrogens (tertiary/aromatic N) is 3. The molecule has 0 unspecified atom stereocenters. The lowest BCUT2D eigenvalue weighted by Gasteiger charge is -2.02. The molecule has 0 amide bonds. The van der Waals surface area contributed by atoms with Crippen molar-refractivity contribution in [1.29, 1.82) is 0 Å². The largest absolute Gasteiger partial charge is 0.463 e. The van der Waals surface area contributed by atoms with E-state index >= 15 is 0 Å².